The Kier molecular flexibility index (Phi) is 5.70. The molecular formula is C25H23ClN2O3. The third kappa shape index (κ3) is 3.89. The fourth-order valence-corrected chi connectivity index (χ4v) is 4.02. The van der Waals surface area contributed by atoms with Gasteiger partial charge in [0.1, 0.15) is 18.3 Å². The molecule has 158 valence electrons. The maximum absolute atomic E-state index is 13.8. The largest absolute Gasteiger partial charge is 0.497 e. The van der Waals surface area contributed by atoms with E-state index in [1.165, 1.54) is 0 Å². The van der Waals surface area contributed by atoms with E-state index in [2.05, 4.69) is 0 Å². The first-order valence-electron chi connectivity index (χ1n) is 10.00. The molecule has 0 N–H and O–H groups in total. The number of nitrogens with zero attached hydrogens (tertiary/aromatic N) is 2. The highest BCUT2D eigenvalue weighted by atomic mass is 35.5. The minimum atomic E-state index is -0.798. The van der Waals surface area contributed by atoms with Crippen LogP contribution < -0.4 is 14.5 Å². The van der Waals surface area contributed by atoms with Crippen LogP contribution in [-0.2, 0) is 9.59 Å². The number of piperazine rings is 1. The summed E-state index contributed by atoms with van der Waals surface area (Å²) in [6.07, 6.45) is 0. The summed E-state index contributed by atoms with van der Waals surface area (Å²) in [5.74, 6) is 0.361. The zero-order valence-corrected chi connectivity index (χ0v) is 18.4. The van der Waals surface area contributed by atoms with Crippen molar-refractivity contribution < 1.29 is 14.3 Å². The number of hydrogen-bond acceptors (Lipinski definition) is 3. The SMILES string of the molecule is COc1ccc([C@H]2C(=O)N(c3cccc(C)c3C)CC(=O)N2c2ccc(Cl)cc2)cc1. The number of rotatable bonds is 4. The van der Waals surface area contributed by atoms with E-state index in [-0.39, 0.29) is 18.4 Å². The molecule has 0 spiro atoms. The van der Waals surface area contributed by atoms with Crippen LogP contribution in [0.4, 0.5) is 11.4 Å². The molecule has 0 saturated carbocycles. The molecule has 0 aromatic heterocycles. The molecule has 31 heavy (non-hydrogen) atoms. The predicted molar refractivity (Wildman–Crippen MR) is 123 cm³/mol. The van der Waals surface area contributed by atoms with Crippen LogP contribution >= 0.6 is 11.6 Å². The lowest BCUT2D eigenvalue weighted by atomic mass is 9.98. The molecule has 2 amide bonds. The van der Waals surface area contributed by atoms with E-state index < -0.39 is 6.04 Å². The first kappa shape index (κ1) is 20.9. The summed E-state index contributed by atoms with van der Waals surface area (Å²) >= 11 is 6.05. The molecule has 6 heteroatoms. The lowest BCUT2D eigenvalue weighted by Crippen LogP contribution is -2.56. The lowest BCUT2D eigenvalue weighted by molar-refractivity contribution is -0.128. The van der Waals surface area contributed by atoms with E-state index in [1.807, 2.05) is 44.2 Å². The second kappa shape index (κ2) is 8.44. The number of carbonyl (C=O) groups is 2. The van der Waals surface area contributed by atoms with Gasteiger partial charge < -0.3 is 9.64 Å². The highest BCUT2D eigenvalue weighted by Gasteiger charge is 2.42. The molecule has 3 aromatic rings. The molecule has 1 atom stereocenters. The predicted octanol–water partition coefficient (Wildman–Crippen LogP) is 5.09. The Bertz CT molecular complexity index is 1130. The fraction of sp³-hybridized carbons (Fsp3) is 0.200. The van der Waals surface area contributed by atoms with Gasteiger partial charge in [0.25, 0.3) is 5.91 Å². The number of benzene rings is 3. The Morgan fingerprint density at radius 3 is 2.26 bits per heavy atom. The molecule has 1 heterocycles. The highest BCUT2D eigenvalue weighted by Crippen LogP contribution is 2.36. The van der Waals surface area contributed by atoms with Crippen LogP contribution in [0.3, 0.4) is 0 Å². The summed E-state index contributed by atoms with van der Waals surface area (Å²) in [6.45, 7) is 3.94. The monoisotopic (exact) mass is 434 g/mol. The van der Waals surface area contributed by atoms with E-state index in [9.17, 15) is 9.59 Å². The van der Waals surface area contributed by atoms with Gasteiger partial charge in [0.15, 0.2) is 0 Å². The van der Waals surface area contributed by atoms with Crippen LogP contribution in [0, 0.1) is 13.8 Å². The van der Waals surface area contributed by atoms with Gasteiger partial charge in [-0.05, 0) is 73.0 Å². The Hall–Kier alpha value is -3.31. The maximum Gasteiger partial charge on any atom is 0.255 e. The zero-order valence-electron chi connectivity index (χ0n) is 17.6. The van der Waals surface area contributed by atoms with E-state index >= 15 is 0 Å². The second-order valence-electron chi connectivity index (χ2n) is 7.56. The minimum Gasteiger partial charge on any atom is -0.497 e. The van der Waals surface area contributed by atoms with Crippen molar-refractivity contribution in [2.75, 3.05) is 23.5 Å². The Labute approximate surface area is 186 Å². The number of methoxy groups -OCH3 is 1. The zero-order chi connectivity index (χ0) is 22.1. The third-order valence-corrected chi connectivity index (χ3v) is 5.98. The smallest absolute Gasteiger partial charge is 0.255 e. The fourth-order valence-electron chi connectivity index (χ4n) is 3.90. The van der Waals surface area contributed by atoms with Crippen molar-refractivity contribution in [3.05, 3.63) is 88.4 Å². The highest BCUT2D eigenvalue weighted by molar-refractivity contribution is 6.30. The number of anilines is 2. The van der Waals surface area contributed by atoms with Crippen LogP contribution in [0.2, 0.25) is 5.02 Å². The number of ether oxygens (including phenoxy) is 1. The average Bonchev–Trinajstić information content (AvgIpc) is 2.78. The lowest BCUT2D eigenvalue weighted by Gasteiger charge is -2.41. The molecular weight excluding hydrogens is 412 g/mol. The van der Waals surface area contributed by atoms with Crippen LogP contribution in [0.1, 0.15) is 22.7 Å². The standard InChI is InChI=1S/C25H23ClN2O3/c1-16-5-4-6-22(17(16)2)27-15-23(29)28(20-11-9-19(26)10-12-20)24(25(27)30)18-7-13-21(31-3)14-8-18/h4-14,24H,15H2,1-3H3/t24-/m0/s1. The van der Waals surface area contributed by atoms with Gasteiger partial charge in [0.2, 0.25) is 5.91 Å². The van der Waals surface area contributed by atoms with Crippen LogP contribution in [0.15, 0.2) is 66.7 Å². The third-order valence-electron chi connectivity index (χ3n) is 5.72. The van der Waals surface area contributed by atoms with Gasteiger partial charge in [0.05, 0.1) is 7.11 Å². The van der Waals surface area contributed by atoms with Gasteiger partial charge in [0, 0.05) is 16.4 Å². The van der Waals surface area contributed by atoms with Crippen molar-refractivity contribution in [2.24, 2.45) is 0 Å². The van der Waals surface area contributed by atoms with Crippen molar-refractivity contribution >= 4 is 34.8 Å². The molecule has 5 nitrogen and oxygen atoms in total. The molecule has 1 fully saturated rings. The molecule has 0 radical (unpaired) electrons. The van der Waals surface area contributed by atoms with Crippen molar-refractivity contribution in [3.63, 3.8) is 0 Å². The number of aryl methyl sites for hydroxylation is 1. The van der Waals surface area contributed by atoms with E-state index in [0.717, 1.165) is 16.8 Å². The van der Waals surface area contributed by atoms with Gasteiger partial charge in [-0.15, -0.1) is 0 Å². The molecule has 4 rings (SSSR count). The molecule has 1 aliphatic rings. The van der Waals surface area contributed by atoms with E-state index in [1.54, 1.807) is 53.3 Å². The van der Waals surface area contributed by atoms with Gasteiger partial charge in [-0.3, -0.25) is 14.5 Å². The summed E-state index contributed by atoms with van der Waals surface area (Å²) in [6, 6.07) is 19.2. The normalized spacial score (nSPS) is 16.6. The topological polar surface area (TPSA) is 49.9 Å². The average molecular weight is 435 g/mol. The Morgan fingerprint density at radius 2 is 1.61 bits per heavy atom. The molecule has 3 aromatic carbocycles. The summed E-state index contributed by atoms with van der Waals surface area (Å²) in [5, 5.41) is 0.567. The first-order chi connectivity index (χ1) is 14.9. The van der Waals surface area contributed by atoms with Crippen molar-refractivity contribution in [1.82, 2.24) is 0 Å². The van der Waals surface area contributed by atoms with Crippen LogP contribution in [0.5, 0.6) is 5.75 Å². The molecule has 1 aliphatic heterocycles. The maximum atomic E-state index is 13.8. The van der Waals surface area contributed by atoms with E-state index in [0.29, 0.717) is 22.0 Å². The van der Waals surface area contributed by atoms with Gasteiger partial charge in [-0.2, -0.15) is 0 Å². The van der Waals surface area contributed by atoms with Crippen molar-refractivity contribution in [2.45, 2.75) is 19.9 Å². The van der Waals surface area contributed by atoms with Gasteiger partial charge in [-0.1, -0.05) is 35.9 Å². The summed E-state index contributed by atoms with van der Waals surface area (Å²) in [5.41, 5.74) is 4.15. The number of hydrogen-bond donors (Lipinski definition) is 0. The summed E-state index contributed by atoms with van der Waals surface area (Å²) < 4.78 is 5.26. The molecule has 0 aliphatic carbocycles. The van der Waals surface area contributed by atoms with Crippen molar-refractivity contribution in [1.29, 1.82) is 0 Å². The van der Waals surface area contributed by atoms with Crippen molar-refractivity contribution in [3.8, 4) is 5.75 Å². The Balaban J connectivity index is 1.83. The summed E-state index contributed by atoms with van der Waals surface area (Å²) in [7, 11) is 1.59. The quantitative estimate of drug-likeness (QED) is 0.575. The van der Waals surface area contributed by atoms with Gasteiger partial charge in [-0.25, -0.2) is 0 Å². The van der Waals surface area contributed by atoms with Crippen LogP contribution in [0.25, 0.3) is 0 Å². The van der Waals surface area contributed by atoms with E-state index in [4.69, 9.17) is 16.3 Å². The van der Waals surface area contributed by atoms with Crippen LogP contribution in [-0.4, -0.2) is 25.5 Å². The number of carbonyl (C=O) groups excluding carboxylic acids is 2. The minimum absolute atomic E-state index is 0.0294. The molecule has 1 saturated heterocycles. The molecule has 0 unspecified atom stereocenters. The number of halogens is 1. The number of amides is 2. The molecule has 0 bridgehead atoms. The Morgan fingerprint density at radius 1 is 0.935 bits per heavy atom. The van der Waals surface area contributed by atoms with Gasteiger partial charge >= 0.3 is 0 Å². The second-order valence-corrected chi connectivity index (χ2v) is 8.00. The first-order valence-corrected chi connectivity index (χ1v) is 10.4. The summed E-state index contributed by atoms with van der Waals surface area (Å²) in [4.78, 5) is 30.3.